The highest BCUT2D eigenvalue weighted by Gasteiger charge is 2.29. The molecule has 19 heavy (non-hydrogen) atoms. The van der Waals surface area contributed by atoms with Crippen LogP contribution in [0.25, 0.3) is 0 Å². The second kappa shape index (κ2) is 7.20. The minimum absolute atomic E-state index is 0.641. The second-order valence-corrected chi connectivity index (χ2v) is 6.14. The van der Waals surface area contributed by atoms with Crippen molar-refractivity contribution in [3.63, 3.8) is 0 Å². The van der Waals surface area contributed by atoms with Gasteiger partial charge in [-0.2, -0.15) is 4.37 Å². The Hall–Kier alpha value is -0.680. The van der Waals surface area contributed by atoms with Crippen molar-refractivity contribution in [2.45, 2.75) is 52.0 Å². The number of ether oxygens (including phenoxy) is 1. The first kappa shape index (κ1) is 14.7. The molecule has 0 saturated carbocycles. The van der Waals surface area contributed by atoms with Crippen molar-refractivity contribution in [2.75, 3.05) is 25.2 Å². The Morgan fingerprint density at radius 2 is 2.32 bits per heavy atom. The van der Waals surface area contributed by atoms with Crippen LogP contribution in [0.2, 0.25) is 0 Å². The largest absolute Gasteiger partial charge is 0.384 e. The van der Waals surface area contributed by atoms with Crippen molar-refractivity contribution >= 4 is 16.7 Å². The standard InChI is InChI=1S/C14H25N3OS/c1-4-6-12-11(2)7-5-9-17(12)14-15-13(16-19-14)8-10-18-3/h11-12H,4-10H2,1-3H3. The Morgan fingerprint density at radius 3 is 3.05 bits per heavy atom. The number of methoxy groups -OCH3 is 1. The van der Waals surface area contributed by atoms with E-state index in [0.717, 1.165) is 29.8 Å². The maximum atomic E-state index is 5.09. The Kier molecular flexibility index (Phi) is 5.58. The summed E-state index contributed by atoms with van der Waals surface area (Å²) in [6, 6.07) is 0.641. The summed E-state index contributed by atoms with van der Waals surface area (Å²) in [6.07, 6.45) is 5.93. The fourth-order valence-electron chi connectivity index (χ4n) is 2.88. The number of aromatic nitrogens is 2. The zero-order valence-electron chi connectivity index (χ0n) is 12.3. The van der Waals surface area contributed by atoms with E-state index >= 15 is 0 Å². The van der Waals surface area contributed by atoms with Gasteiger partial charge in [0, 0.05) is 37.6 Å². The predicted octanol–water partition coefficient (Wildman–Crippen LogP) is 3.13. The first-order valence-corrected chi connectivity index (χ1v) is 8.11. The van der Waals surface area contributed by atoms with E-state index in [-0.39, 0.29) is 0 Å². The first-order valence-electron chi connectivity index (χ1n) is 7.34. The van der Waals surface area contributed by atoms with Crippen LogP contribution in [0.15, 0.2) is 0 Å². The Labute approximate surface area is 120 Å². The summed E-state index contributed by atoms with van der Waals surface area (Å²) >= 11 is 1.55. The molecule has 1 aliphatic heterocycles. The fourth-order valence-corrected chi connectivity index (χ4v) is 3.68. The van der Waals surface area contributed by atoms with Gasteiger partial charge in [0.05, 0.1) is 6.61 Å². The molecular formula is C14H25N3OS. The summed E-state index contributed by atoms with van der Waals surface area (Å²) in [7, 11) is 1.72. The Bertz CT molecular complexity index is 383. The molecule has 0 N–H and O–H groups in total. The maximum Gasteiger partial charge on any atom is 0.205 e. The molecule has 1 aliphatic rings. The van der Waals surface area contributed by atoms with Crippen LogP contribution in [0.3, 0.4) is 0 Å². The molecule has 2 rings (SSSR count). The molecule has 1 aromatic heterocycles. The third kappa shape index (κ3) is 3.66. The smallest absolute Gasteiger partial charge is 0.205 e. The van der Waals surface area contributed by atoms with E-state index in [1.165, 1.54) is 25.7 Å². The van der Waals surface area contributed by atoms with Crippen LogP contribution < -0.4 is 4.90 Å². The van der Waals surface area contributed by atoms with Crippen molar-refractivity contribution < 1.29 is 4.74 Å². The second-order valence-electron chi connectivity index (χ2n) is 5.40. The van der Waals surface area contributed by atoms with Crippen LogP contribution in [0, 0.1) is 5.92 Å². The Morgan fingerprint density at radius 1 is 1.47 bits per heavy atom. The molecule has 1 aromatic rings. The van der Waals surface area contributed by atoms with Gasteiger partial charge >= 0.3 is 0 Å². The quantitative estimate of drug-likeness (QED) is 0.804. The first-order chi connectivity index (χ1) is 9.26. The van der Waals surface area contributed by atoms with Crippen LogP contribution in [0.5, 0.6) is 0 Å². The van der Waals surface area contributed by atoms with E-state index in [1.807, 2.05) is 0 Å². The maximum absolute atomic E-state index is 5.09. The molecular weight excluding hydrogens is 258 g/mol. The fraction of sp³-hybridized carbons (Fsp3) is 0.857. The summed E-state index contributed by atoms with van der Waals surface area (Å²) in [5, 5.41) is 1.11. The van der Waals surface area contributed by atoms with Crippen LogP contribution in [0.4, 0.5) is 5.13 Å². The number of anilines is 1. The van der Waals surface area contributed by atoms with Crippen molar-refractivity contribution in [1.29, 1.82) is 0 Å². The van der Waals surface area contributed by atoms with Gasteiger partial charge in [-0.1, -0.05) is 20.3 Å². The third-order valence-corrected chi connectivity index (χ3v) is 4.72. The van der Waals surface area contributed by atoms with Gasteiger partial charge in [0.2, 0.25) is 5.13 Å². The number of nitrogens with zero attached hydrogens (tertiary/aromatic N) is 3. The molecule has 5 heteroatoms. The van der Waals surface area contributed by atoms with Gasteiger partial charge in [-0.05, 0) is 25.2 Å². The lowest BCUT2D eigenvalue weighted by Gasteiger charge is -2.39. The zero-order chi connectivity index (χ0) is 13.7. The molecule has 0 bridgehead atoms. The molecule has 108 valence electrons. The van der Waals surface area contributed by atoms with E-state index in [2.05, 4.69) is 23.1 Å². The monoisotopic (exact) mass is 283 g/mol. The highest BCUT2D eigenvalue weighted by molar-refractivity contribution is 7.09. The highest BCUT2D eigenvalue weighted by Crippen LogP contribution is 2.32. The lowest BCUT2D eigenvalue weighted by atomic mass is 9.88. The number of hydrogen-bond donors (Lipinski definition) is 0. The number of rotatable bonds is 6. The summed E-state index contributed by atoms with van der Waals surface area (Å²) in [4.78, 5) is 7.18. The molecule has 4 nitrogen and oxygen atoms in total. The summed E-state index contributed by atoms with van der Waals surface area (Å²) < 4.78 is 9.55. The van der Waals surface area contributed by atoms with E-state index < -0.39 is 0 Å². The summed E-state index contributed by atoms with van der Waals surface area (Å²) in [5.41, 5.74) is 0. The van der Waals surface area contributed by atoms with E-state index in [0.29, 0.717) is 12.6 Å². The molecule has 1 saturated heterocycles. The lowest BCUT2D eigenvalue weighted by molar-refractivity contribution is 0.201. The molecule has 0 aliphatic carbocycles. The molecule has 2 atom stereocenters. The van der Waals surface area contributed by atoms with Gasteiger partial charge < -0.3 is 9.64 Å². The SMILES string of the molecule is CCCC1C(C)CCCN1c1nc(CCOC)ns1. The van der Waals surface area contributed by atoms with Crippen molar-refractivity contribution in [1.82, 2.24) is 9.36 Å². The summed E-state index contributed by atoms with van der Waals surface area (Å²) in [5.74, 6) is 1.69. The van der Waals surface area contributed by atoms with Crippen LogP contribution in [-0.4, -0.2) is 35.7 Å². The highest BCUT2D eigenvalue weighted by atomic mass is 32.1. The van der Waals surface area contributed by atoms with Gasteiger partial charge in [0.25, 0.3) is 0 Å². The predicted molar refractivity (Wildman–Crippen MR) is 79.9 cm³/mol. The number of piperidine rings is 1. The molecule has 0 amide bonds. The van der Waals surface area contributed by atoms with E-state index in [9.17, 15) is 0 Å². The van der Waals surface area contributed by atoms with Crippen molar-refractivity contribution in [3.8, 4) is 0 Å². The van der Waals surface area contributed by atoms with Crippen LogP contribution in [0.1, 0.15) is 45.4 Å². The van der Waals surface area contributed by atoms with Gasteiger partial charge in [0.1, 0.15) is 5.82 Å². The van der Waals surface area contributed by atoms with Gasteiger partial charge in [-0.25, -0.2) is 4.98 Å². The minimum atomic E-state index is 0.641. The summed E-state index contributed by atoms with van der Waals surface area (Å²) in [6.45, 7) is 6.47. The topological polar surface area (TPSA) is 38.2 Å². The average molecular weight is 283 g/mol. The number of hydrogen-bond acceptors (Lipinski definition) is 5. The van der Waals surface area contributed by atoms with Gasteiger partial charge in [-0.15, -0.1) is 0 Å². The van der Waals surface area contributed by atoms with Crippen molar-refractivity contribution in [2.24, 2.45) is 5.92 Å². The molecule has 0 spiro atoms. The van der Waals surface area contributed by atoms with E-state index in [4.69, 9.17) is 9.72 Å². The molecule has 2 heterocycles. The normalized spacial score (nSPS) is 23.8. The minimum Gasteiger partial charge on any atom is -0.384 e. The van der Waals surface area contributed by atoms with E-state index in [1.54, 1.807) is 18.6 Å². The Balaban J connectivity index is 2.06. The lowest BCUT2D eigenvalue weighted by Crippen LogP contribution is -2.44. The van der Waals surface area contributed by atoms with Gasteiger partial charge in [-0.3, -0.25) is 0 Å². The van der Waals surface area contributed by atoms with Gasteiger partial charge in [0.15, 0.2) is 0 Å². The zero-order valence-corrected chi connectivity index (χ0v) is 13.1. The molecule has 0 radical (unpaired) electrons. The van der Waals surface area contributed by atoms with Crippen molar-refractivity contribution in [3.05, 3.63) is 5.82 Å². The molecule has 1 fully saturated rings. The third-order valence-electron chi connectivity index (χ3n) is 3.93. The van der Waals surface area contributed by atoms with Crippen LogP contribution in [-0.2, 0) is 11.2 Å². The molecule has 2 unspecified atom stereocenters. The van der Waals surface area contributed by atoms with Crippen LogP contribution >= 0.6 is 11.5 Å². The average Bonchev–Trinajstić information content (AvgIpc) is 2.87. The molecule has 0 aromatic carbocycles.